The van der Waals surface area contributed by atoms with Gasteiger partial charge in [0.1, 0.15) is 0 Å². The zero-order valence-electron chi connectivity index (χ0n) is 7.82. The van der Waals surface area contributed by atoms with Crippen LogP contribution in [0.1, 0.15) is 6.42 Å². The summed E-state index contributed by atoms with van der Waals surface area (Å²) in [6.45, 7) is 1.53. The highest BCUT2D eigenvalue weighted by Crippen LogP contribution is 2.66. The monoisotopic (exact) mass is 227 g/mol. The van der Waals surface area contributed by atoms with E-state index in [1.807, 2.05) is 6.08 Å². The summed E-state index contributed by atoms with van der Waals surface area (Å²) in [5.74, 6) is -1.76. The third-order valence-electron chi connectivity index (χ3n) is 2.57. The Morgan fingerprint density at radius 1 is 1.27 bits per heavy atom. The summed E-state index contributed by atoms with van der Waals surface area (Å²) in [4.78, 5) is 23.0. The molecule has 1 spiro atoms. The van der Waals surface area contributed by atoms with Crippen LogP contribution in [-0.2, 0) is 18.0 Å². The standard InChI is InChI=1S/C9H9NO4S/c11-8-9(12)14-15(13-8)4-2-6-1-3-10-5-7(6)15/h2,4,10H,1,3,5H2. The molecule has 15 heavy (non-hydrogen) atoms. The lowest BCUT2D eigenvalue weighted by Gasteiger charge is -2.33. The van der Waals surface area contributed by atoms with Gasteiger partial charge in [-0.05, 0) is 24.6 Å². The molecule has 0 radical (unpaired) electrons. The van der Waals surface area contributed by atoms with Crippen molar-refractivity contribution in [1.29, 1.82) is 0 Å². The number of carbonyl (C=O) groups is 2. The second kappa shape index (κ2) is 2.86. The van der Waals surface area contributed by atoms with E-state index in [0.29, 0.717) is 6.54 Å². The van der Waals surface area contributed by atoms with Gasteiger partial charge in [-0.2, -0.15) is 0 Å². The Morgan fingerprint density at radius 2 is 2.00 bits per heavy atom. The van der Waals surface area contributed by atoms with Gasteiger partial charge in [0, 0.05) is 12.0 Å². The van der Waals surface area contributed by atoms with Crippen molar-refractivity contribution in [2.24, 2.45) is 0 Å². The number of carbonyl (C=O) groups excluding carboxylic acids is 2. The van der Waals surface area contributed by atoms with Crippen LogP contribution < -0.4 is 5.32 Å². The van der Waals surface area contributed by atoms with Gasteiger partial charge in [0.25, 0.3) is 0 Å². The van der Waals surface area contributed by atoms with Crippen LogP contribution in [0, 0.1) is 0 Å². The Morgan fingerprint density at radius 3 is 2.73 bits per heavy atom. The summed E-state index contributed by atoms with van der Waals surface area (Å²) in [6.07, 6.45) is 2.78. The fraction of sp³-hybridized carbons (Fsp3) is 0.333. The van der Waals surface area contributed by atoms with Crippen LogP contribution >= 0.6 is 10.6 Å². The maximum Gasteiger partial charge on any atom is 0.441 e. The molecule has 1 N–H and O–H groups in total. The molecule has 5 nitrogen and oxygen atoms in total. The number of fused-ring (bicyclic) bond motifs is 1. The van der Waals surface area contributed by atoms with E-state index in [4.69, 9.17) is 8.37 Å². The van der Waals surface area contributed by atoms with Gasteiger partial charge < -0.3 is 13.7 Å². The van der Waals surface area contributed by atoms with Gasteiger partial charge in [-0.1, -0.05) is 10.6 Å². The first-order chi connectivity index (χ1) is 7.21. The average Bonchev–Trinajstić information content (AvgIpc) is 2.72. The normalized spacial score (nSPS) is 29.1. The van der Waals surface area contributed by atoms with E-state index in [9.17, 15) is 9.59 Å². The zero-order valence-corrected chi connectivity index (χ0v) is 8.63. The molecule has 0 saturated carbocycles. The summed E-state index contributed by atoms with van der Waals surface area (Å²) < 4.78 is 10.2. The van der Waals surface area contributed by atoms with Gasteiger partial charge in [-0.25, -0.2) is 9.59 Å². The Balaban J connectivity index is 2.02. The van der Waals surface area contributed by atoms with Crippen LogP contribution in [0.5, 0.6) is 0 Å². The van der Waals surface area contributed by atoms with Crippen LogP contribution in [0.15, 0.2) is 22.0 Å². The lowest BCUT2D eigenvalue weighted by molar-refractivity contribution is -0.150. The second-order valence-corrected chi connectivity index (χ2v) is 5.65. The van der Waals surface area contributed by atoms with Crippen molar-refractivity contribution in [3.05, 3.63) is 22.0 Å². The van der Waals surface area contributed by atoms with Crippen molar-refractivity contribution in [2.75, 3.05) is 13.1 Å². The number of allylic oxidation sites excluding steroid dienone is 1. The fourth-order valence-corrected chi connectivity index (χ4v) is 4.14. The highest BCUT2D eigenvalue weighted by molar-refractivity contribution is 8.32. The predicted molar refractivity (Wildman–Crippen MR) is 53.4 cm³/mol. The lowest BCUT2D eigenvalue weighted by Crippen LogP contribution is -2.25. The minimum Gasteiger partial charge on any atom is -0.326 e. The Kier molecular flexibility index (Phi) is 1.72. The topological polar surface area (TPSA) is 64.6 Å². The van der Waals surface area contributed by atoms with Crippen molar-refractivity contribution in [1.82, 2.24) is 5.32 Å². The molecular formula is C9H9NO4S. The molecule has 6 heteroatoms. The van der Waals surface area contributed by atoms with E-state index in [2.05, 4.69) is 5.32 Å². The Labute approximate surface area is 87.8 Å². The summed E-state index contributed by atoms with van der Waals surface area (Å²) >= 11 is 0. The van der Waals surface area contributed by atoms with Gasteiger partial charge in [-0.3, -0.25) is 0 Å². The average molecular weight is 227 g/mol. The first-order valence-electron chi connectivity index (χ1n) is 4.63. The van der Waals surface area contributed by atoms with Gasteiger partial charge >= 0.3 is 11.9 Å². The van der Waals surface area contributed by atoms with Gasteiger partial charge in [0.15, 0.2) is 0 Å². The van der Waals surface area contributed by atoms with Crippen molar-refractivity contribution >= 4 is 22.5 Å². The van der Waals surface area contributed by atoms with Crippen molar-refractivity contribution < 1.29 is 18.0 Å². The van der Waals surface area contributed by atoms with Gasteiger partial charge in [-0.15, -0.1) is 0 Å². The third kappa shape index (κ3) is 1.15. The summed E-state index contributed by atoms with van der Waals surface area (Å²) in [5, 5.41) is 4.89. The fourth-order valence-electron chi connectivity index (χ4n) is 1.86. The number of rotatable bonds is 0. The SMILES string of the molecule is O=C1OS2(C=CC3=C2CNCC3)OC1=O. The second-order valence-electron chi connectivity index (χ2n) is 3.46. The van der Waals surface area contributed by atoms with Crippen molar-refractivity contribution in [3.8, 4) is 0 Å². The largest absolute Gasteiger partial charge is 0.441 e. The van der Waals surface area contributed by atoms with Crippen LogP contribution in [0.4, 0.5) is 0 Å². The van der Waals surface area contributed by atoms with E-state index < -0.39 is 22.5 Å². The lowest BCUT2D eigenvalue weighted by atomic mass is 10.1. The molecule has 0 aromatic rings. The minimum atomic E-state index is -2.19. The number of hydrogen-bond donors (Lipinski definition) is 1. The molecule has 0 aromatic heterocycles. The third-order valence-corrected chi connectivity index (χ3v) is 4.96. The van der Waals surface area contributed by atoms with E-state index in [1.54, 1.807) is 5.41 Å². The molecule has 1 fully saturated rings. The first kappa shape index (κ1) is 8.99. The Hall–Kier alpha value is -1.27. The molecule has 1 saturated heterocycles. The molecule has 0 aromatic carbocycles. The van der Waals surface area contributed by atoms with Gasteiger partial charge in [0.2, 0.25) is 0 Å². The maximum absolute atomic E-state index is 11.1. The van der Waals surface area contributed by atoms with E-state index in [0.717, 1.165) is 23.4 Å². The summed E-state index contributed by atoms with van der Waals surface area (Å²) in [5.41, 5.74) is 1.13. The molecule has 0 unspecified atom stereocenters. The molecule has 3 aliphatic heterocycles. The van der Waals surface area contributed by atoms with Crippen molar-refractivity contribution in [3.63, 3.8) is 0 Å². The van der Waals surface area contributed by atoms with E-state index in [-0.39, 0.29) is 0 Å². The molecule has 0 bridgehead atoms. The first-order valence-corrected chi connectivity index (χ1v) is 6.17. The maximum atomic E-state index is 11.1. The quantitative estimate of drug-likeness (QED) is 0.610. The zero-order chi connectivity index (χ0) is 10.5. The van der Waals surface area contributed by atoms with Crippen LogP contribution in [0.25, 0.3) is 0 Å². The molecule has 0 amide bonds. The molecule has 3 rings (SSSR count). The van der Waals surface area contributed by atoms with E-state index in [1.165, 1.54) is 0 Å². The molecule has 3 heterocycles. The van der Waals surface area contributed by atoms with Crippen molar-refractivity contribution in [2.45, 2.75) is 6.42 Å². The van der Waals surface area contributed by atoms with Crippen LogP contribution in [-0.4, -0.2) is 25.0 Å². The van der Waals surface area contributed by atoms with E-state index >= 15 is 0 Å². The molecule has 0 aliphatic carbocycles. The molecular weight excluding hydrogens is 218 g/mol. The highest BCUT2D eigenvalue weighted by atomic mass is 32.3. The van der Waals surface area contributed by atoms with Crippen LogP contribution in [0.3, 0.4) is 0 Å². The summed E-state index contributed by atoms with van der Waals surface area (Å²) in [7, 11) is -2.19. The molecule has 3 aliphatic rings. The molecule has 0 atom stereocenters. The summed E-state index contributed by atoms with van der Waals surface area (Å²) in [6, 6.07) is 0. The van der Waals surface area contributed by atoms with Gasteiger partial charge in [0.05, 0.1) is 4.91 Å². The Bertz CT molecular complexity index is 410. The number of hydrogen-bond acceptors (Lipinski definition) is 5. The highest BCUT2D eigenvalue weighted by Gasteiger charge is 2.46. The number of nitrogens with one attached hydrogen (secondary N) is 1. The molecule has 80 valence electrons. The minimum absolute atomic E-state index is 0.623. The predicted octanol–water partition coefficient (Wildman–Crippen LogP) is 0.496. The van der Waals surface area contributed by atoms with Crippen LogP contribution in [0.2, 0.25) is 0 Å². The smallest absolute Gasteiger partial charge is 0.326 e.